The minimum absolute atomic E-state index is 0.0246. The number of methoxy groups -OCH3 is 2. The average molecular weight is 370 g/mol. The van der Waals surface area contributed by atoms with Gasteiger partial charge < -0.3 is 19.5 Å². The van der Waals surface area contributed by atoms with Crippen molar-refractivity contribution >= 4 is 16.7 Å². The number of hydrogen-bond acceptors (Lipinski definition) is 7. The Labute approximate surface area is 155 Å². The largest absolute Gasteiger partial charge is 0.494 e. The predicted molar refractivity (Wildman–Crippen MR) is 97.6 cm³/mol. The van der Waals surface area contributed by atoms with E-state index in [4.69, 9.17) is 14.2 Å². The molecule has 0 radical (unpaired) electrons. The maximum Gasteiger partial charge on any atom is 0.212 e. The zero-order chi connectivity index (χ0) is 18.8. The van der Waals surface area contributed by atoms with Crippen molar-refractivity contribution < 1.29 is 18.6 Å². The first kappa shape index (κ1) is 17.4. The number of nitrogens with zero attached hydrogens (tertiary/aromatic N) is 3. The standard InChI is InChI=1S/C19H19FN4O3/c1-25-14-5-4-12-17(16(14)20)22-10-23-19(12)24-13-7-8-27-18(13)11-3-6-15(26-2)21-9-11/h3-6,9-10,13,18H,7-8H2,1-2H3,(H,22,23,24)/t13-,18+/m0/s1. The summed E-state index contributed by atoms with van der Waals surface area (Å²) in [5.41, 5.74) is 1.16. The van der Waals surface area contributed by atoms with Crippen LogP contribution in [0.15, 0.2) is 36.8 Å². The second kappa shape index (κ2) is 7.32. The maximum absolute atomic E-state index is 14.5. The summed E-state index contributed by atoms with van der Waals surface area (Å²) in [6.07, 6.45) is 3.69. The van der Waals surface area contributed by atoms with Crippen LogP contribution in [0.1, 0.15) is 18.1 Å². The molecule has 2 atom stereocenters. The highest BCUT2D eigenvalue weighted by Crippen LogP contribution is 2.34. The third kappa shape index (κ3) is 3.23. The fourth-order valence-corrected chi connectivity index (χ4v) is 3.27. The van der Waals surface area contributed by atoms with Crippen LogP contribution in [0.2, 0.25) is 0 Å². The van der Waals surface area contributed by atoms with E-state index in [1.807, 2.05) is 6.07 Å². The van der Waals surface area contributed by atoms with Crippen LogP contribution >= 0.6 is 0 Å². The Bertz CT molecular complexity index is 952. The van der Waals surface area contributed by atoms with Gasteiger partial charge in [-0.3, -0.25) is 0 Å². The number of anilines is 1. The molecule has 0 aliphatic carbocycles. The third-order valence-corrected chi connectivity index (χ3v) is 4.64. The second-order valence-corrected chi connectivity index (χ2v) is 6.17. The molecule has 1 saturated heterocycles. The van der Waals surface area contributed by atoms with Gasteiger partial charge in [0.2, 0.25) is 5.88 Å². The molecule has 3 aromatic rings. The summed E-state index contributed by atoms with van der Waals surface area (Å²) in [7, 11) is 3.00. The Morgan fingerprint density at radius 3 is 2.74 bits per heavy atom. The normalized spacial score (nSPS) is 19.2. The van der Waals surface area contributed by atoms with E-state index in [0.29, 0.717) is 23.7 Å². The highest BCUT2D eigenvalue weighted by atomic mass is 19.1. The van der Waals surface area contributed by atoms with Gasteiger partial charge in [0.25, 0.3) is 0 Å². The van der Waals surface area contributed by atoms with Gasteiger partial charge in [-0.2, -0.15) is 0 Å². The lowest BCUT2D eigenvalue weighted by Crippen LogP contribution is -2.24. The molecular weight excluding hydrogens is 351 g/mol. The van der Waals surface area contributed by atoms with Gasteiger partial charge in [0.1, 0.15) is 23.8 Å². The van der Waals surface area contributed by atoms with Crippen LogP contribution in [0.3, 0.4) is 0 Å². The molecule has 7 nitrogen and oxygen atoms in total. The number of ether oxygens (including phenoxy) is 3. The molecule has 2 aromatic heterocycles. The van der Waals surface area contributed by atoms with Crippen LogP contribution < -0.4 is 14.8 Å². The minimum Gasteiger partial charge on any atom is -0.494 e. The topological polar surface area (TPSA) is 78.4 Å². The van der Waals surface area contributed by atoms with Gasteiger partial charge in [-0.25, -0.2) is 19.3 Å². The minimum atomic E-state index is -0.501. The Morgan fingerprint density at radius 2 is 2.00 bits per heavy atom. The first-order valence-electron chi connectivity index (χ1n) is 8.56. The molecule has 0 unspecified atom stereocenters. The fourth-order valence-electron chi connectivity index (χ4n) is 3.27. The van der Waals surface area contributed by atoms with Crippen molar-refractivity contribution in [1.82, 2.24) is 15.0 Å². The molecule has 0 bridgehead atoms. The van der Waals surface area contributed by atoms with Crippen molar-refractivity contribution in [2.24, 2.45) is 0 Å². The molecule has 1 aliphatic heterocycles. The van der Waals surface area contributed by atoms with Crippen LogP contribution in [0.4, 0.5) is 10.2 Å². The number of fused-ring (bicyclic) bond motifs is 1. The molecule has 1 fully saturated rings. The molecule has 1 aliphatic rings. The number of hydrogen-bond donors (Lipinski definition) is 1. The van der Waals surface area contributed by atoms with Crippen molar-refractivity contribution in [2.75, 3.05) is 26.1 Å². The first-order valence-corrected chi connectivity index (χ1v) is 8.56. The van der Waals surface area contributed by atoms with Crippen molar-refractivity contribution in [3.63, 3.8) is 0 Å². The summed E-state index contributed by atoms with van der Waals surface area (Å²) >= 11 is 0. The zero-order valence-corrected chi connectivity index (χ0v) is 15.0. The summed E-state index contributed by atoms with van der Waals surface area (Å²) < 4.78 is 30.5. The van der Waals surface area contributed by atoms with E-state index in [1.54, 1.807) is 31.5 Å². The SMILES string of the molecule is COc1ccc([C@H]2OCC[C@@H]2Nc2ncnc3c(F)c(OC)ccc23)cn1. The smallest absolute Gasteiger partial charge is 0.212 e. The Morgan fingerprint density at radius 1 is 1.11 bits per heavy atom. The van der Waals surface area contributed by atoms with Gasteiger partial charge in [0, 0.05) is 29.8 Å². The van der Waals surface area contributed by atoms with Crippen LogP contribution in [-0.2, 0) is 4.74 Å². The third-order valence-electron chi connectivity index (χ3n) is 4.64. The molecule has 1 N–H and O–H groups in total. The Balaban J connectivity index is 1.63. The number of benzene rings is 1. The van der Waals surface area contributed by atoms with Crippen molar-refractivity contribution in [1.29, 1.82) is 0 Å². The maximum atomic E-state index is 14.5. The summed E-state index contributed by atoms with van der Waals surface area (Å²) in [5.74, 6) is 0.758. The van der Waals surface area contributed by atoms with Crippen LogP contribution in [-0.4, -0.2) is 41.8 Å². The van der Waals surface area contributed by atoms with Gasteiger partial charge >= 0.3 is 0 Å². The van der Waals surface area contributed by atoms with E-state index in [2.05, 4.69) is 20.3 Å². The molecule has 1 aromatic carbocycles. The summed E-state index contributed by atoms with van der Waals surface area (Å²) in [5, 5.41) is 3.98. The molecule has 4 rings (SSSR count). The lowest BCUT2D eigenvalue weighted by atomic mass is 10.0. The first-order chi connectivity index (χ1) is 13.2. The van der Waals surface area contributed by atoms with E-state index >= 15 is 0 Å². The highest BCUT2D eigenvalue weighted by Gasteiger charge is 2.31. The molecule has 0 spiro atoms. The lowest BCUT2D eigenvalue weighted by molar-refractivity contribution is 0.107. The van der Waals surface area contributed by atoms with Gasteiger partial charge in [-0.15, -0.1) is 0 Å². The lowest BCUT2D eigenvalue weighted by Gasteiger charge is -2.21. The predicted octanol–water partition coefficient (Wildman–Crippen LogP) is 3.12. The average Bonchev–Trinajstić information content (AvgIpc) is 3.17. The summed E-state index contributed by atoms with van der Waals surface area (Å²) in [6, 6.07) is 7.03. The zero-order valence-electron chi connectivity index (χ0n) is 15.0. The van der Waals surface area contributed by atoms with E-state index in [9.17, 15) is 4.39 Å². The summed E-state index contributed by atoms with van der Waals surface area (Å²) in [6.45, 7) is 0.611. The number of pyridine rings is 1. The number of aromatic nitrogens is 3. The summed E-state index contributed by atoms with van der Waals surface area (Å²) in [4.78, 5) is 12.6. The second-order valence-electron chi connectivity index (χ2n) is 6.17. The van der Waals surface area contributed by atoms with Gasteiger partial charge in [0.05, 0.1) is 20.3 Å². The molecule has 27 heavy (non-hydrogen) atoms. The van der Waals surface area contributed by atoms with Crippen molar-refractivity contribution in [3.05, 3.63) is 48.2 Å². The Hall–Kier alpha value is -3.00. The molecule has 140 valence electrons. The van der Waals surface area contributed by atoms with Crippen LogP contribution in [0.5, 0.6) is 11.6 Å². The molecule has 0 saturated carbocycles. The van der Waals surface area contributed by atoms with E-state index < -0.39 is 5.82 Å². The van der Waals surface area contributed by atoms with Crippen molar-refractivity contribution in [2.45, 2.75) is 18.6 Å². The van der Waals surface area contributed by atoms with E-state index in [-0.39, 0.29) is 23.4 Å². The van der Waals surface area contributed by atoms with Crippen LogP contribution in [0, 0.1) is 5.82 Å². The van der Waals surface area contributed by atoms with E-state index in [0.717, 1.165) is 12.0 Å². The number of rotatable bonds is 5. The van der Waals surface area contributed by atoms with Crippen LogP contribution in [0.25, 0.3) is 10.9 Å². The molecular formula is C19H19FN4O3. The molecule has 8 heteroatoms. The Kier molecular flexibility index (Phi) is 4.72. The molecule has 3 heterocycles. The monoisotopic (exact) mass is 370 g/mol. The quantitative estimate of drug-likeness (QED) is 0.739. The van der Waals surface area contributed by atoms with Crippen molar-refractivity contribution in [3.8, 4) is 11.6 Å². The van der Waals surface area contributed by atoms with Gasteiger partial charge in [0.15, 0.2) is 11.6 Å². The molecule has 0 amide bonds. The highest BCUT2D eigenvalue weighted by molar-refractivity contribution is 5.90. The number of nitrogens with one attached hydrogen (secondary N) is 1. The number of halogens is 1. The fraction of sp³-hybridized carbons (Fsp3) is 0.316. The van der Waals surface area contributed by atoms with E-state index in [1.165, 1.54) is 13.4 Å². The van der Waals surface area contributed by atoms with Gasteiger partial charge in [-0.05, 0) is 24.6 Å². The van der Waals surface area contributed by atoms with Gasteiger partial charge in [-0.1, -0.05) is 0 Å².